The largest absolute Gasteiger partial charge is 0.357 e. The topological polar surface area (TPSA) is 56.7 Å². The van der Waals surface area contributed by atoms with Crippen molar-refractivity contribution in [3.8, 4) is 0 Å². The Hall–Kier alpha value is -1.31. The molecule has 5 nitrogen and oxygen atoms in total. The van der Waals surface area contributed by atoms with Crippen LogP contribution in [0.2, 0.25) is 0 Å². The first-order chi connectivity index (χ1) is 10.8. The molecule has 0 unspecified atom stereocenters. The van der Waals surface area contributed by atoms with Gasteiger partial charge in [-0.3, -0.25) is 4.79 Å². The number of amides is 1. The van der Waals surface area contributed by atoms with Gasteiger partial charge in [-0.2, -0.15) is 0 Å². The molecule has 1 amide bonds. The lowest BCUT2D eigenvalue weighted by molar-refractivity contribution is -0.127. The van der Waals surface area contributed by atoms with Crippen LogP contribution in [0.15, 0.2) is 29.3 Å². The summed E-state index contributed by atoms with van der Waals surface area (Å²) >= 11 is 0. The van der Waals surface area contributed by atoms with Crippen LogP contribution < -0.4 is 10.6 Å². The van der Waals surface area contributed by atoms with E-state index in [1.54, 1.807) is 19.0 Å². The molecule has 0 spiro atoms. The Morgan fingerprint density at radius 2 is 1.92 bits per heavy atom. The molecule has 2 N–H and O–H groups in total. The number of halogens is 1. The molecular weight excluding hydrogens is 415 g/mol. The van der Waals surface area contributed by atoms with Gasteiger partial charge in [0.2, 0.25) is 5.91 Å². The van der Waals surface area contributed by atoms with Crippen LogP contribution in [0.1, 0.15) is 31.9 Å². The first-order valence-corrected chi connectivity index (χ1v) is 8.05. The zero-order chi connectivity index (χ0) is 17.5. The third-order valence-corrected chi connectivity index (χ3v) is 3.71. The zero-order valence-corrected chi connectivity index (χ0v) is 18.0. The molecule has 6 heteroatoms. The predicted octanol–water partition coefficient (Wildman–Crippen LogP) is 2.53. The van der Waals surface area contributed by atoms with Gasteiger partial charge >= 0.3 is 0 Å². The quantitative estimate of drug-likeness (QED) is 0.401. The molecule has 0 heterocycles. The van der Waals surface area contributed by atoms with E-state index in [9.17, 15) is 4.79 Å². The maximum absolute atomic E-state index is 11.7. The maximum Gasteiger partial charge on any atom is 0.243 e. The first-order valence-electron chi connectivity index (χ1n) is 8.05. The van der Waals surface area contributed by atoms with E-state index >= 15 is 0 Å². The highest BCUT2D eigenvalue weighted by molar-refractivity contribution is 14.0. The Balaban J connectivity index is 0.00000529. The van der Waals surface area contributed by atoms with Gasteiger partial charge < -0.3 is 15.5 Å². The van der Waals surface area contributed by atoms with Crippen molar-refractivity contribution in [1.82, 2.24) is 15.5 Å². The van der Waals surface area contributed by atoms with Gasteiger partial charge in [-0.25, -0.2) is 4.99 Å². The second-order valence-electron chi connectivity index (χ2n) is 6.59. The summed E-state index contributed by atoms with van der Waals surface area (Å²) in [6.45, 7) is 10.1. The minimum Gasteiger partial charge on any atom is -0.357 e. The summed E-state index contributed by atoms with van der Waals surface area (Å²) in [7, 11) is 3.47. The van der Waals surface area contributed by atoms with Crippen molar-refractivity contribution in [2.45, 2.75) is 33.1 Å². The van der Waals surface area contributed by atoms with E-state index in [1.807, 2.05) is 6.92 Å². The molecule has 0 fully saturated rings. The fourth-order valence-electron chi connectivity index (χ4n) is 2.10. The maximum atomic E-state index is 11.7. The highest BCUT2D eigenvalue weighted by Gasteiger charge is 2.21. The molecule has 1 aromatic carbocycles. The van der Waals surface area contributed by atoms with E-state index < -0.39 is 0 Å². The van der Waals surface area contributed by atoms with Crippen molar-refractivity contribution in [1.29, 1.82) is 0 Å². The van der Waals surface area contributed by atoms with Gasteiger partial charge in [-0.05, 0) is 19.4 Å². The summed E-state index contributed by atoms with van der Waals surface area (Å²) in [6.07, 6.45) is 0. The SMILES string of the molecule is CCNC(=NCC(=O)N(C)C)NCC(C)(C)c1cccc(C)c1.I. The minimum atomic E-state index is -0.0340. The fourth-order valence-corrected chi connectivity index (χ4v) is 2.10. The molecule has 1 aromatic rings. The molecular formula is C18H31IN4O. The van der Waals surface area contributed by atoms with Crippen molar-refractivity contribution >= 4 is 35.8 Å². The Morgan fingerprint density at radius 3 is 2.46 bits per heavy atom. The molecule has 1 rings (SSSR count). The number of benzene rings is 1. The van der Waals surface area contributed by atoms with E-state index in [2.05, 4.69) is 60.7 Å². The van der Waals surface area contributed by atoms with Gasteiger partial charge in [0, 0.05) is 32.6 Å². The van der Waals surface area contributed by atoms with Crippen molar-refractivity contribution < 1.29 is 4.79 Å². The molecule has 0 atom stereocenters. The summed E-state index contributed by atoms with van der Waals surface area (Å²) in [5, 5.41) is 6.52. The van der Waals surface area contributed by atoms with Crippen molar-refractivity contribution in [3.05, 3.63) is 35.4 Å². The molecule has 0 saturated carbocycles. The van der Waals surface area contributed by atoms with Crippen LogP contribution >= 0.6 is 24.0 Å². The Morgan fingerprint density at radius 1 is 1.25 bits per heavy atom. The fraction of sp³-hybridized carbons (Fsp3) is 0.556. The molecule has 24 heavy (non-hydrogen) atoms. The molecule has 0 aliphatic rings. The van der Waals surface area contributed by atoms with Gasteiger partial charge in [0.15, 0.2) is 5.96 Å². The van der Waals surface area contributed by atoms with Gasteiger partial charge in [-0.1, -0.05) is 43.7 Å². The molecule has 0 saturated heterocycles. The Bertz CT molecular complexity index is 556. The van der Waals surface area contributed by atoms with Gasteiger partial charge in [0.1, 0.15) is 6.54 Å². The Labute approximate surface area is 163 Å². The number of guanidine groups is 1. The number of likely N-dealkylation sites (N-methyl/N-ethyl adjacent to an activating group) is 1. The van der Waals surface area contributed by atoms with E-state index in [1.165, 1.54) is 11.1 Å². The monoisotopic (exact) mass is 446 g/mol. The van der Waals surface area contributed by atoms with Crippen LogP contribution in [0.4, 0.5) is 0 Å². The molecule has 0 aliphatic heterocycles. The van der Waals surface area contributed by atoms with Crippen LogP contribution in [-0.2, 0) is 10.2 Å². The number of nitrogens with zero attached hydrogens (tertiary/aromatic N) is 2. The highest BCUT2D eigenvalue weighted by atomic mass is 127. The summed E-state index contributed by atoms with van der Waals surface area (Å²) in [5.41, 5.74) is 2.51. The third kappa shape index (κ3) is 7.51. The second-order valence-corrected chi connectivity index (χ2v) is 6.59. The molecule has 0 aromatic heterocycles. The number of hydrogen-bond acceptors (Lipinski definition) is 2. The number of hydrogen-bond donors (Lipinski definition) is 2. The summed E-state index contributed by atoms with van der Waals surface area (Å²) in [6, 6.07) is 8.54. The molecule has 0 aliphatic carbocycles. The van der Waals surface area contributed by atoms with Gasteiger partial charge in [0.25, 0.3) is 0 Å². The smallest absolute Gasteiger partial charge is 0.243 e. The lowest BCUT2D eigenvalue weighted by Crippen LogP contribution is -2.44. The molecule has 136 valence electrons. The van der Waals surface area contributed by atoms with Crippen LogP contribution in [0.3, 0.4) is 0 Å². The number of rotatable bonds is 6. The lowest BCUT2D eigenvalue weighted by atomic mass is 9.84. The number of aliphatic imine (C=N–C) groups is 1. The average molecular weight is 446 g/mol. The number of aryl methyl sites for hydroxylation is 1. The number of carbonyl (C=O) groups excluding carboxylic acids is 1. The van der Waals surface area contributed by atoms with Crippen LogP contribution in [0.25, 0.3) is 0 Å². The van der Waals surface area contributed by atoms with E-state index in [4.69, 9.17) is 0 Å². The van der Waals surface area contributed by atoms with Crippen LogP contribution in [0, 0.1) is 6.92 Å². The van der Waals surface area contributed by atoms with Gasteiger partial charge in [0.05, 0.1) is 0 Å². The second kappa shape index (κ2) is 10.5. The summed E-state index contributed by atoms with van der Waals surface area (Å²) in [5.74, 6) is 0.656. The molecule has 0 radical (unpaired) electrons. The number of nitrogens with one attached hydrogen (secondary N) is 2. The first kappa shape index (κ1) is 22.7. The predicted molar refractivity (Wildman–Crippen MR) is 112 cm³/mol. The third-order valence-electron chi connectivity index (χ3n) is 3.71. The average Bonchev–Trinajstić information content (AvgIpc) is 2.49. The van der Waals surface area contributed by atoms with E-state index in [0.717, 1.165) is 13.1 Å². The van der Waals surface area contributed by atoms with Crippen LogP contribution in [0.5, 0.6) is 0 Å². The summed E-state index contributed by atoms with van der Waals surface area (Å²) < 4.78 is 0. The van der Waals surface area contributed by atoms with E-state index in [0.29, 0.717) is 5.96 Å². The molecule has 0 bridgehead atoms. The number of carbonyl (C=O) groups is 1. The van der Waals surface area contributed by atoms with Crippen LogP contribution in [-0.4, -0.2) is 50.5 Å². The lowest BCUT2D eigenvalue weighted by Gasteiger charge is -2.27. The van der Waals surface area contributed by atoms with Crippen molar-refractivity contribution in [3.63, 3.8) is 0 Å². The summed E-state index contributed by atoms with van der Waals surface area (Å²) in [4.78, 5) is 17.6. The highest BCUT2D eigenvalue weighted by Crippen LogP contribution is 2.22. The normalized spacial score (nSPS) is 11.5. The zero-order valence-electron chi connectivity index (χ0n) is 15.6. The van der Waals surface area contributed by atoms with Crippen molar-refractivity contribution in [2.75, 3.05) is 33.7 Å². The van der Waals surface area contributed by atoms with E-state index in [-0.39, 0.29) is 41.8 Å². The Kier molecular flexibility index (Phi) is 9.96. The van der Waals surface area contributed by atoms with Crippen molar-refractivity contribution in [2.24, 2.45) is 4.99 Å². The minimum absolute atomic E-state index is 0. The standard InChI is InChI=1S/C18H30N4O.HI/c1-7-19-17(20-12-16(23)22(5)6)21-13-18(3,4)15-10-8-9-14(2)11-15;/h8-11H,7,12-13H2,1-6H3,(H2,19,20,21);1H. The van der Waals surface area contributed by atoms with Gasteiger partial charge in [-0.15, -0.1) is 24.0 Å².